The molecule has 21 heavy (non-hydrogen) atoms. The lowest BCUT2D eigenvalue weighted by molar-refractivity contribution is 0.102. The summed E-state index contributed by atoms with van der Waals surface area (Å²) in [4.78, 5) is 12.2. The van der Waals surface area contributed by atoms with Crippen LogP contribution in [0.15, 0.2) is 40.9 Å². The van der Waals surface area contributed by atoms with E-state index in [1.165, 1.54) is 12.1 Å². The average Bonchev–Trinajstić information content (AvgIpc) is 2.44. The minimum atomic E-state index is -0.858. The van der Waals surface area contributed by atoms with E-state index >= 15 is 0 Å². The Balaban J connectivity index is 2.22. The fourth-order valence-electron chi connectivity index (χ4n) is 1.60. The lowest BCUT2D eigenvalue weighted by Gasteiger charge is -2.08. The average molecular weight is 371 g/mol. The Morgan fingerprint density at radius 1 is 1.10 bits per heavy atom. The van der Waals surface area contributed by atoms with Crippen molar-refractivity contribution in [2.45, 2.75) is 0 Å². The topological polar surface area (TPSA) is 55.1 Å². The third-order valence-corrected chi connectivity index (χ3v) is 3.53. The number of benzene rings is 2. The van der Waals surface area contributed by atoms with E-state index in [-0.39, 0.29) is 15.1 Å². The van der Waals surface area contributed by atoms with Crippen LogP contribution in [0.5, 0.6) is 0 Å². The van der Waals surface area contributed by atoms with Gasteiger partial charge in [0.1, 0.15) is 16.6 Å². The van der Waals surface area contributed by atoms with Crippen LogP contribution in [0.2, 0.25) is 0 Å². The van der Waals surface area contributed by atoms with Crippen molar-refractivity contribution >= 4 is 44.7 Å². The molecule has 0 saturated heterocycles. The third-order valence-electron chi connectivity index (χ3n) is 2.69. The summed E-state index contributed by atoms with van der Waals surface area (Å²) < 4.78 is 26.7. The summed E-state index contributed by atoms with van der Waals surface area (Å²) in [6.07, 6.45) is 0. The molecule has 2 rings (SSSR count). The van der Waals surface area contributed by atoms with Gasteiger partial charge in [0.25, 0.3) is 5.91 Å². The van der Waals surface area contributed by atoms with Gasteiger partial charge in [0.05, 0.1) is 10.2 Å². The van der Waals surface area contributed by atoms with E-state index in [4.69, 9.17) is 18.0 Å². The van der Waals surface area contributed by atoms with Crippen LogP contribution >= 0.6 is 28.1 Å². The molecule has 0 fully saturated rings. The van der Waals surface area contributed by atoms with Crippen LogP contribution in [-0.4, -0.2) is 10.9 Å². The number of hydrogen-bond acceptors (Lipinski definition) is 2. The zero-order valence-electron chi connectivity index (χ0n) is 10.5. The molecular formula is C14H9BrF2N2OS. The van der Waals surface area contributed by atoms with Crippen molar-refractivity contribution in [3.05, 3.63) is 63.6 Å². The fourth-order valence-corrected chi connectivity index (χ4v) is 2.08. The van der Waals surface area contributed by atoms with Gasteiger partial charge in [-0.15, -0.1) is 0 Å². The van der Waals surface area contributed by atoms with Crippen molar-refractivity contribution in [3.63, 3.8) is 0 Å². The van der Waals surface area contributed by atoms with Gasteiger partial charge in [-0.05, 0) is 34.1 Å². The number of halogens is 3. The van der Waals surface area contributed by atoms with Gasteiger partial charge in [-0.3, -0.25) is 4.79 Å². The SMILES string of the molecule is NC(=S)c1ccc(C(=O)Nc2cc(Br)c(F)cc2F)cc1. The molecule has 0 unspecified atom stereocenters. The molecule has 1 amide bonds. The first-order valence-electron chi connectivity index (χ1n) is 5.74. The summed E-state index contributed by atoms with van der Waals surface area (Å²) in [7, 11) is 0. The first-order chi connectivity index (χ1) is 9.88. The van der Waals surface area contributed by atoms with Gasteiger partial charge in [0, 0.05) is 17.2 Å². The number of rotatable bonds is 3. The summed E-state index contributed by atoms with van der Waals surface area (Å²) in [5.41, 5.74) is 6.26. The fraction of sp³-hybridized carbons (Fsp3) is 0. The maximum absolute atomic E-state index is 13.6. The van der Waals surface area contributed by atoms with Crippen LogP contribution in [0.3, 0.4) is 0 Å². The van der Waals surface area contributed by atoms with Crippen LogP contribution in [0.1, 0.15) is 15.9 Å². The first-order valence-corrected chi connectivity index (χ1v) is 6.94. The summed E-state index contributed by atoms with van der Waals surface area (Å²) >= 11 is 7.74. The highest BCUT2D eigenvalue weighted by molar-refractivity contribution is 9.10. The smallest absolute Gasteiger partial charge is 0.255 e. The normalized spacial score (nSPS) is 10.2. The molecule has 2 aromatic carbocycles. The van der Waals surface area contributed by atoms with Crippen LogP contribution in [0, 0.1) is 11.6 Å². The van der Waals surface area contributed by atoms with Crippen LogP contribution in [0.25, 0.3) is 0 Å². The van der Waals surface area contributed by atoms with Gasteiger partial charge < -0.3 is 11.1 Å². The Morgan fingerprint density at radius 3 is 2.24 bits per heavy atom. The predicted molar refractivity (Wildman–Crippen MR) is 84.3 cm³/mol. The molecule has 3 nitrogen and oxygen atoms in total. The van der Waals surface area contributed by atoms with Crippen molar-refractivity contribution < 1.29 is 13.6 Å². The highest BCUT2D eigenvalue weighted by Crippen LogP contribution is 2.24. The number of carbonyl (C=O) groups is 1. The third kappa shape index (κ3) is 3.62. The standard InChI is InChI=1S/C14H9BrF2N2OS/c15-9-5-12(11(17)6-10(9)16)19-14(20)8-3-1-7(2-4-8)13(18)21/h1-6H,(H2,18,21)(H,19,20). The molecule has 0 aliphatic carbocycles. The summed E-state index contributed by atoms with van der Waals surface area (Å²) in [6.45, 7) is 0. The molecule has 0 bridgehead atoms. The highest BCUT2D eigenvalue weighted by Gasteiger charge is 2.12. The number of anilines is 1. The molecule has 0 heterocycles. The van der Waals surface area contributed by atoms with Crippen molar-refractivity contribution in [2.75, 3.05) is 5.32 Å². The van der Waals surface area contributed by atoms with Crippen LogP contribution in [0.4, 0.5) is 14.5 Å². The zero-order valence-corrected chi connectivity index (χ0v) is 12.9. The van der Waals surface area contributed by atoms with Crippen molar-refractivity contribution in [2.24, 2.45) is 5.73 Å². The number of thiocarbonyl (C=S) groups is 1. The largest absolute Gasteiger partial charge is 0.389 e. The Hall–Kier alpha value is -1.86. The lowest BCUT2D eigenvalue weighted by atomic mass is 10.1. The number of amides is 1. The van der Waals surface area contributed by atoms with E-state index in [2.05, 4.69) is 21.2 Å². The minimum absolute atomic E-state index is 0.0584. The molecule has 0 atom stereocenters. The molecule has 0 aliphatic heterocycles. The molecule has 2 aromatic rings. The van der Waals surface area contributed by atoms with E-state index in [1.807, 2.05) is 0 Å². The summed E-state index contributed by atoms with van der Waals surface area (Å²) in [5.74, 6) is -2.13. The van der Waals surface area contributed by atoms with Crippen molar-refractivity contribution in [1.29, 1.82) is 0 Å². The van der Waals surface area contributed by atoms with E-state index < -0.39 is 17.5 Å². The van der Waals surface area contributed by atoms with E-state index in [0.717, 1.165) is 6.07 Å². The molecule has 0 radical (unpaired) electrons. The Kier molecular flexibility index (Phi) is 4.64. The van der Waals surface area contributed by atoms with Gasteiger partial charge in [0.2, 0.25) is 0 Å². The summed E-state index contributed by atoms with van der Waals surface area (Å²) in [6, 6.07) is 8.06. The quantitative estimate of drug-likeness (QED) is 0.640. The molecule has 0 aliphatic rings. The van der Waals surface area contributed by atoms with Gasteiger partial charge in [-0.1, -0.05) is 24.4 Å². The van der Waals surface area contributed by atoms with Crippen LogP contribution in [-0.2, 0) is 0 Å². The van der Waals surface area contributed by atoms with Gasteiger partial charge in [0.15, 0.2) is 0 Å². The van der Waals surface area contributed by atoms with Crippen LogP contribution < -0.4 is 11.1 Å². The minimum Gasteiger partial charge on any atom is -0.389 e. The maximum Gasteiger partial charge on any atom is 0.255 e. The first kappa shape index (κ1) is 15.5. The molecule has 0 spiro atoms. The number of carbonyl (C=O) groups excluding carboxylic acids is 1. The number of hydrogen-bond donors (Lipinski definition) is 2. The second kappa shape index (κ2) is 6.28. The van der Waals surface area contributed by atoms with Gasteiger partial charge in [-0.25, -0.2) is 8.78 Å². The molecule has 3 N–H and O–H groups in total. The molecule has 0 saturated carbocycles. The van der Waals surface area contributed by atoms with Crippen molar-refractivity contribution in [1.82, 2.24) is 0 Å². The number of nitrogens with two attached hydrogens (primary N) is 1. The van der Waals surface area contributed by atoms with E-state index in [1.54, 1.807) is 12.1 Å². The van der Waals surface area contributed by atoms with Crippen molar-refractivity contribution in [3.8, 4) is 0 Å². The Morgan fingerprint density at radius 2 is 1.67 bits per heavy atom. The second-order valence-corrected chi connectivity index (χ2v) is 5.44. The Labute approximate surface area is 133 Å². The van der Waals surface area contributed by atoms with Gasteiger partial charge in [-0.2, -0.15) is 0 Å². The number of nitrogens with one attached hydrogen (secondary N) is 1. The molecular weight excluding hydrogens is 362 g/mol. The zero-order chi connectivity index (χ0) is 15.6. The highest BCUT2D eigenvalue weighted by atomic mass is 79.9. The summed E-state index contributed by atoms with van der Waals surface area (Å²) in [5, 5.41) is 2.37. The van der Waals surface area contributed by atoms with E-state index in [9.17, 15) is 13.6 Å². The predicted octanol–water partition coefficient (Wildman–Crippen LogP) is 3.61. The Bertz CT molecular complexity index is 720. The lowest BCUT2D eigenvalue weighted by Crippen LogP contribution is -2.14. The second-order valence-electron chi connectivity index (χ2n) is 4.14. The molecule has 0 aromatic heterocycles. The maximum atomic E-state index is 13.6. The molecule has 7 heteroatoms. The van der Waals surface area contributed by atoms with E-state index in [0.29, 0.717) is 17.2 Å². The molecule has 108 valence electrons. The van der Waals surface area contributed by atoms with Gasteiger partial charge >= 0.3 is 0 Å². The monoisotopic (exact) mass is 370 g/mol.